The minimum absolute atomic E-state index is 0.393. The molecule has 4 N–H and O–H groups in total. The highest BCUT2D eigenvalue weighted by molar-refractivity contribution is 7.99. The molecule has 1 rings (SSSR count). The van der Waals surface area contributed by atoms with E-state index in [2.05, 4.69) is 6.58 Å². The first-order valence-electron chi connectivity index (χ1n) is 4.64. The van der Waals surface area contributed by atoms with Crippen molar-refractivity contribution in [2.24, 2.45) is 0 Å². The van der Waals surface area contributed by atoms with Crippen LogP contribution in [0.15, 0.2) is 12.7 Å². The fraction of sp³-hybridized carbons (Fsp3) is 0.778. The fourth-order valence-electron chi connectivity index (χ4n) is 1.37. The van der Waals surface area contributed by atoms with Crippen molar-refractivity contribution in [3.05, 3.63) is 12.7 Å². The van der Waals surface area contributed by atoms with E-state index in [1.165, 1.54) is 11.8 Å². The van der Waals surface area contributed by atoms with Crippen molar-refractivity contribution in [1.29, 1.82) is 0 Å². The number of hydrogen-bond donors (Lipinski definition) is 4. The van der Waals surface area contributed by atoms with Gasteiger partial charge in [-0.05, 0) is 0 Å². The first-order chi connectivity index (χ1) is 7.11. The summed E-state index contributed by atoms with van der Waals surface area (Å²) in [5.74, 6) is 0.558. The molecule has 0 aromatic rings. The predicted octanol–water partition coefficient (Wildman–Crippen LogP) is -1.29. The van der Waals surface area contributed by atoms with Crippen LogP contribution in [0.4, 0.5) is 0 Å². The van der Waals surface area contributed by atoms with Crippen LogP contribution >= 0.6 is 11.8 Å². The van der Waals surface area contributed by atoms with Crippen LogP contribution in [0.3, 0.4) is 0 Å². The lowest BCUT2D eigenvalue weighted by Gasteiger charge is -2.39. The van der Waals surface area contributed by atoms with Gasteiger partial charge in [0, 0.05) is 5.75 Å². The Morgan fingerprint density at radius 2 is 1.87 bits per heavy atom. The Hall–Kier alpha value is -0.110. The Bertz CT molecular complexity index is 211. The summed E-state index contributed by atoms with van der Waals surface area (Å²) < 4.78 is 5.24. The normalized spacial score (nSPS) is 41.5. The molecule has 0 bridgehead atoms. The quantitative estimate of drug-likeness (QED) is 0.454. The van der Waals surface area contributed by atoms with Crippen LogP contribution in [0.25, 0.3) is 0 Å². The van der Waals surface area contributed by atoms with E-state index in [1.807, 2.05) is 0 Å². The molecule has 0 spiro atoms. The molecule has 1 heterocycles. The summed E-state index contributed by atoms with van der Waals surface area (Å²) in [6, 6.07) is 0. The molecule has 0 aromatic heterocycles. The van der Waals surface area contributed by atoms with Crippen LogP contribution in [-0.2, 0) is 4.74 Å². The zero-order valence-electron chi connectivity index (χ0n) is 8.19. The number of ether oxygens (including phenoxy) is 1. The highest BCUT2D eigenvalue weighted by atomic mass is 32.2. The number of hydrogen-bond acceptors (Lipinski definition) is 6. The standard InChI is InChI=1S/C9H16O5S/c1-2-3-15-9-8(13)7(12)6(11)5(4-10)14-9/h2,5-13H,1,3-4H2/t5?,6-,7?,8?,9+/m1/s1. The third kappa shape index (κ3) is 2.93. The summed E-state index contributed by atoms with van der Waals surface area (Å²) >= 11 is 1.26. The predicted molar refractivity (Wildman–Crippen MR) is 56.4 cm³/mol. The number of aliphatic hydroxyl groups is 4. The van der Waals surface area contributed by atoms with Crippen molar-refractivity contribution in [2.45, 2.75) is 29.9 Å². The lowest BCUT2D eigenvalue weighted by atomic mass is 10.0. The monoisotopic (exact) mass is 236 g/mol. The van der Waals surface area contributed by atoms with E-state index in [4.69, 9.17) is 9.84 Å². The molecule has 5 atom stereocenters. The van der Waals surface area contributed by atoms with Gasteiger partial charge in [-0.1, -0.05) is 6.08 Å². The molecule has 0 radical (unpaired) electrons. The van der Waals surface area contributed by atoms with Crippen molar-refractivity contribution in [2.75, 3.05) is 12.4 Å². The van der Waals surface area contributed by atoms with Gasteiger partial charge < -0.3 is 25.2 Å². The lowest BCUT2D eigenvalue weighted by Crippen LogP contribution is -2.57. The molecule has 88 valence electrons. The first kappa shape index (κ1) is 13.0. The Morgan fingerprint density at radius 3 is 2.40 bits per heavy atom. The van der Waals surface area contributed by atoms with E-state index in [9.17, 15) is 15.3 Å². The van der Waals surface area contributed by atoms with Gasteiger partial charge in [0.2, 0.25) is 0 Å². The van der Waals surface area contributed by atoms with E-state index >= 15 is 0 Å². The van der Waals surface area contributed by atoms with E-state index in [0.29, 0.717) is 5.75 Å². The van der Waals surface area contributed by atoms with Crippen molar-refractivity contribution in [1.82, 2.24) is 0 Å². The Morgan fingerprint density at radius 1 is 1.20 bits per heavy atom. The maximum atomic E-state index is 9.58. The van der Waals surface area contributed by atoms with Crippen LogP contribution < -0.4 is 0 Å². The van der Waals surface area contributed by atoms with E-state index in [1.54, 1.807) is 6.08 Å². The average molecular weight is 236 g/mol. The fourth-order valence-corrected chi connectivity index (χ4v) is 2.27. The second kappa shape index (κ2) is 5.83. The molecule has 1 aliphatic rings. The highest BCUT2D eigenvalue weighted by Gasteiger charge is 2.43. The average Bonchev–Trinajstić information content (AvgIpc) is 2.25. The molecule has 5 nitrogen and oxygen atoms in total. The van der Waals surface area contributed by atoms with Gasteiger partial charge in [0.15, 0.2) is 0 Å². The molecule has 0 saturated carbocycles. The van der Waals surface area contributed by atoms with Crippen molar-refractivity contribution in [3.63, 3.8) is 0 Å². The Balaban J connectivity index is 2.60. The largest absolute Gasteiger partial charge is 0.394 e. The van der Waals surface area contributed by atoms with Crippen molar-refractivity contribution in [3.8, 4) is 0 Å². The number of rotatable bonds is 4. The Labute approximate surface area is 92.4 Å². The van der Waals surface area contributed by atoms with Crippen molar-refractivity contribution < 1.29 is 25.2 Å². The highest BCUT2D eigenvalue weighted by Crippen LogP contribution is 2.28. The number of aliphatic hydroxyl groups excluding tert-OH is 4. The molecule has 0 amide bonds. The SMILES string of the molecule is C=CCS[C@@H]1OC(CO)[C@@H](O)C(O)C1O. The minimum atomic E-state index is -1.29. The minimum Gasteiger partial charge on any atom is -0.394 e. The maximum absolute atomic E-state index is 9.58. The van der Waals surface area contributed by atoms with Gasteiger partial charge in [0.25, 0.3) is 0 Å². The second-order valence-corrected chi connectivity index (χ2v) is 4.45. The molecule has 0 aliphatic carbocycles. The molecule has 3 unspecified atom stereocenters. The molecular formula is C9H16O5S. The zero-order valence-corrected chi connectivity index (χ0v) is 9.01. The van der Waals surface area contributed by atoms with Crippen LogP contribution in [0, 0.1) is 0 Å². The number of thioether (sulfide) groups is 1. The van der Waals surface area contributed by atoms with Gasteiger partial charge in [0.1, 0.15) is 29.9 Å². The van der Waals surface area contributed by atoms with Crippen LogP contribution in [0.5, 0.6) is 0 Å². The van der Waals surface area contributed by atoms with Gasteiger partial charge in [-0.15, -0.1) is 18.3 Å². The molecule has 1 fully saturated rings. The van der Waals surface area contributed by atoms with Crippen LogP contribution in [0.2, 0.25) is 0 Å². The zero-order chi connectivity index (χ0) is 11.4. The summed E-state index contributed by atoms with van der Waals surface area (Å²) in [4.78, 5) is 0. The summed E-state index contributed by atoms with van der Waals surface area (Å²) in [6.45, 7) is 3.13. The molecule has 6 heteroatoms. The van der Waals surface area contributed by atoms with Crippen LogP contribution in [0.1, 0.15) is 0 Å². The Kier molecular flexibility index (Phi) is 5.04. The van der Waals surface area contributed by atoms with Gasteiger partial charge in [-0.25, -0.2) is 0 Å². The van der Waals surface area contributed by atoms with Crippen molar-refractivity contribution >= 4 is 11.8 Å². The third-order valence-electron chi connectivity index (χ3n) is 2.23. The molecule has 1 saturated heterocycles. The van der Waals surface area contributed by atoms with Gasteiger partial charge in [0.05, 0.1) is 6.61 Å². The second-order valence-electron chi connectivity index (χ2n) is 3.32. The first-order valence-corrected chi connectivity index (χ1v) is 5.69. The topological polar surface area (TPSA) is 90.2 Å². The van der Waals surface area contributed by atoms with E-state index in [-0.39, 0.29) is 0 Å². The van der Waals surface area contributed by atoms with Crippen LogP contribution in [-0.4, -0.2) is 62.6 Å². The third-order valence-corrected chi connectivity index (χ3v) is 3.37. The smallest absolute Gasteiger partial charge is 0.132 e. The van der Waals surface area contributed by atoms with Gasteiger partial charge in [-0.3, -0.25) is 0 Å². The summed E-state index contributed by atoms with van der Waals surface area (Å²) in [5.41, 5.74) is -0.654. The molecule has 15 heavy (non-hydrogen) atoms. The summed E-state index contributed by atoms with van der Waals surface area (Å²) in [5, 5.41) is 37.4. The summed E-state index contributed by atoms with van der Waals surface area (Å²) in [6.07, 6.45) is -2.92. The molecule has 0 aromatic carbocycles. The molecule has 1 aliphatic heterocycles. The summed E-state index contributed by atoms with van der Waals surface area (Å²) in [7, 11) is 0. The van der Waals surface area contributed by atoms with Gasteiger partial charge in [-0.2, -0.15) is 0 Å². The van der Waals surface area contributed by atoms with E-state index < -0.39 is 36.5 Å². The van der Waals surface area contributed by atoms with E-state index in [0.717, 1.165) is 0 Å². The van der Waals surface area contributed by atoms with Gasteiger partial charge >= 0.3 is 0 Å². The maximum Gasteiger partial charge on any atom is 0.132 e. The lowest BCUT2D eigenvalue weighted by molar-refractivity contribution is -0.205. The molecular weight excluding hydrogens is 220 g/mol.